The van der Waals surface area contributed by atoms with E-state index in [9.17, 15) is 13.2 Å². The molecule has 0 amide bonds. The highest BCUT2D eigenvalue weighted by Crippen LogP contribution is 2.43. The van der Waals surface area contributed by atoms with Crippen LogP contribution in [0.15, 0.2) is 48.5 Å². The van der Waals surface area contributed by atoms with Crippen molar-refractivity contribution in [1.82, 2.24) is 4.72 Å². The smallest absolute Gasteiger partial charge is 0.321 e. The zero-order valence-corrected chi connectivity index (χ0v) is 18.1. The number of aliphatic carboxylic acids is 1. The summed E-state index contributed by atoms with van der Waals surface area (Å²) < 4.78 is 39.3. The number of sulfonamides is 1. The van der Waals surface area contributed by atoms with Gasteiger partial charge in [-0.1, -0.05) is 30.3 Å². The fourth-order valence-electron chi connectivity index (χ4n) is 3.59. The molecule has 1 heterocycles. The maximum atomic E-state index is 12.6. The Labute approximate surface area is 177 Å². The second-order valence-corrected chi connectivity index (χ2v) is 9.99. The van der Waals surface area contributed by atoms with Gasteiger partial charge >= 0.3 is 5.97 Å². The summed E-state index contributed by atoms with van der Waals surface area (Å²) in [6.07, 6.45) is 0.477. The zero-order valence-electron chi connectivity index (χ0n) is 17.3. The van der Waals surface area contributed by atoms with Crippen LogP contribution in [0.2, 0.25) is 0 Å². The Balaban J connectivity index is 1.82. The molecule has 0 radical (unpaired) electrons. The molecule has 30 heavy (non-hydrogen) atoms. The van der Waals surface area contributed by atoms with Crippen molar-refractivity contribution in [3.8, 4) is 11.5 Å². The zero-order chi connectivity index (χ0) is 21.9. The molecule has 8 heteroatoms. The van der Waals surface area contributed by atoms with E-state index in [0.717, 1.165) is 11.1 Å². The Hall–Kier alpha value is -2.58. The summed E-state index contributed by atoms with van der Waals surface area (Å²) in [5.41, 5.74) is 1.23. The lowest BCUT2D eigenvalue weighted by atomic mass is 9.85. The quantitative estimate of drug-likeness (QED) is 0.662. The fourth-order valence-corrected chi connectivity index (χ4v) is 5.16. The molecule has 2 N–H and O–H groups in total. The molecule has 2 aromatic rings. The van der Waals surface area contributed by atoms with Crippen LogP contribution in [0.4, 0.5) is 0 Å². The summed E-state index contributed by atoms with van der Waals surface area (Å²) in [5.74, 6) is -0.572. The lowest BCUT2D eigenvalue weighted by Gasteiger charge is -2.37. The number of rotatable bonds is 8. The third-order valence-electron chi connectivity index (χ3n) is 4.94. The van der Waals surface area contributed by atoms with E-state index in [1.807, 2.05) is 50.2 Å². The molecular formula is C22H27NO6S. The summed E-state index contributed by atoms with van der Waals surface area (Å²) >= 11 is 0. The van der Waals surface area contributed by atoms with Crippen LogP contribution >= 0.6 is 0 Å². The minimum absolute atomic E-state index is 0.230. The van der Waals surface area contributed by atoms with E-state index in [0.29, 0.717) is 24.5 Å². The largest absolute Gasteiger partial charge is 0.489 e. The molecule has 0 bridgehead atoms. The molecule has 3 rings (SSSR count). The highest BCUT2D eigenvalue weighted by Gasteiger charge is 2.37. The van der Waals surface area contributed by atoms with E-state index < -0.39 is 27.6 Å². The van der Waals surface area contributed by atoms with E-state index in [-0.39, 0.29) is 11.7 Å². The number of carboxylic acids is 1. The van der Waals surface area contributed by atoms with Crippen LogP contribution in [0.25, 0.3) is 0 Å². The van der Waals surface area contributed by atoms with Crippen LogP contribution in [0, 0.1) is 0 Å². The van der Waals surface area contributed by atoms with Crippen LogP contribution in [0.3, 0.4) is 0 Å². The Bertz CT molecular complexity index is 1000. The molecule has 0 saturated carbocycles. The van der Waals surface area contributed by atoms with Crippen LogP contribution in [0.5, 0.6) is 11.5 Å². The number of hydrogen-bond donors (Lipinski definition) is 2. The van der Waals surface area contributed by atoms with Gasteiger partial charge in [0.05, 0.1) is 5.75 Å². The summed E-state index contributed by atoms with van der Waals surface area (Å²) in [4.78, 5) is 11.0. The molecule has 2 unspecified atom stereocenters. The van der Waals surface area contributed by atoms with Gasteiger partial charge in [-0.15, -0.1) is 0 Å². The Morgan fingerprint density at radius 2 is 1.97 bits per heavy atom. The predicted octanol–water partition coefficient (Wildman–Crippen LogP) is 3.30. The van der Waals surface area contributed by atoms with E-state index >= 15 is 0 Å². The Morgan fingerprint density at radius 3 is 2.63 bits per heavy atom. The maximum Gasteiger partial charge on any atom is 0.321 e. The Morgan fingerprint density at radius 1 is 1.27 bits per heavy atom. The van der Waals surface area contributed by atoms with Gasteiger partial charge in [0.1, 0.15) is 29.7 Å². The molecule has 1 aliphatic heterocycles. The van der Waals surface area contributed by atoms with E-state index in [1.165, 1.54) is 6.92 Å². The normalized spacial score (nSPS) is 18.7. The first-order valence-corrected chi connectivity index (χ1v) is 11.4. The van der Waals surface area contributed by atoms with Gasteiger partial charge in [-0.2, -0.15) is 0 Å². The van der Waals surface area contributed by atoms with Gasteiger partial charge in [0.15, 0.2) is 0 Å². The maximum absolute atomic E-state index is 12.6. The summed E-state index contributed by atoms with van der Waals surface area (Å²) in [5, 5.41) is 9.02. The van der Waals surface area contributed by atoms with Crippen molar-refractivity contribution in [2.75, 3.05) is 5.75 Å². The molecule has 0 fully saturated rings. The predicted molar refractivity (Wildman–Crippen MR) is 113 cm³/mol. The van der Waals surface area contributed by atoms with E-state index in [2.05, 4.69) is 4.72 Å². The standard InChI is InChI=1S/C22H27NO6S/c1-15(21(24)25)23-30(26,27)14-17-12-22(2,3)29-20-10-9-18(11-19(17)20)28-13-16-7-5-4-6-8-16/h4-11,15,17,23H,12-14H2,1-3H3,(H,24,25). The molecule has 1 aliphatic rings. The number of ether oxygens (including phenoxy) is 2. The van der Waals surface area contributed by atoms with E-state index in [1.54, 1.807) is 12.1 Å². The van der Waals surface area contributed by atoms with Crippen molar-refractivity contribution in [3.63, 3.8) is 0 Å². The first-order valence-electron chi connectivity index (χ1n) is 9.77. The average molecular weight is 434 g/mol. The van der Waals surface area contributed by atoms with Gasteiger partial charge in [0.25, 0.3) is 0 Å². The minimum Gasteiger partial charge on any atom is -0.489 e. The summed E-state index contributed by atoms with van der Waals surface area (Å²) in [7, 11) is -3.81. The number of carboxylic acid groups (broad SMARTS) is 1. The first-order chi connectivity index (χ1) is 14.0. The van der Waals surface area contributed by atoms with Crippen LogP contribution < -0.4 is 14.2 Å². The first kappa shape index (κ1) is 22.1. The van der Waals surface area contributed by atoms with E-state index in [4.69, 9.17) is 14.6 Å². The number of hydrogen-bond acceptors (Lipinski definition) is 5. The number of benzene rings is 2. The third-order valence-corrected chi connectivity index (χ3v) is 6.49. The lowest BCUT2D eigenvalue weighted by Crippen LogP contribution is -2.43. The topological polar surface area (TPSA) is 102 Å². The van der Waals surface area contributed by atoms with Gasteiger partial charge in [0, 0.05) is 11.5 Å². The van der Waals surface area contributed by atoms with Crippen molar-refractivity contribution >= 4 is 16.0 Å². The number of fused-ring (bicyclic) bond motifs is 1. The van der Waals surface area contributed by atoms with Crippen LogP contribution in [-0.4, -0.2) is 36.9 Å². The minimum atomic E-state index is -3.81. The Kier molecular flexibility index (Phi) is 6.38. The molecule has 7 nitrogen and oxygen atoms in total. The fraction of sp³-hybridized carbons (Fsp3) is 0.409. The van der Waals surface area contributed by atoms with Crippen LogP contribution in [-0.2, 0) is 21.4 Å². The molecule has 2 atom stereocenters. The van der Waals surface area contributed by atoms with Gasteiger partial charge in [-0.25, -0.2) is 13.1 Å². The van der Waals surface area contributed by atoms with Gasteiger partial charge < -0.3 is 14.6 Å². The van der Waals surface area contributed by atoms with Gasteiger partial charge in [0.2, 0.25) is 10.0 Å². The van der Waals surface area contributed by atoms with Crippen molar-refractivity contribution in [2.24, 2.45) is 0 Å². The molecular weight excluding hydrogens is 406 g/mol. The second kappa shape index (κ2) is 8.65. The van der Waals surface area contributed by atoms with Crippen molar-refractivity contribution < 1.29 is 27.8 Å². The van der Waals surface area contributed by atoms with Crippen molar-refractivity contribution in [1.29, 1.82) is 0 Å². The molecule has 162 valence electrons. The summed E-state index contributed by atoms with van der Waals surface area (Å²) in [6, 6.07) is 14.0. The van der Waals surface area contributed by atoms with Crippen molar-refractivity contribution in [2.45, 2.75) is 51.4 Å². The van der Waals surface area contributed by atoms with Gasteiger partial charge in [-0.05, 0) is 51.0 Å². The summed E-state index contributed by atoms with van der Waals surface area (Å²) in [6.45, 7) is 5.51. The van der Waals surface area contributed by atoms with Gasteiger partial charge in [-0.3, -0.25) is 4.79 Å². The third kappa shape index (κ3) is 5.73. The average Bonchev–Trinajstić information content (AvgIpc) is 2.65. The molecule has 0 aliphatic carbocycles. The van der Waals surface area contributed by atoms with Crippen molar-refractivity contribution in [3.05, 3.63) is 59.7 Å². The molecule has 2 aromatic carbocycles. The number of carbonyl (C=O) groups is 1. The second-order valence-electron chi connectivity index (χ2n) is 8.20. The monoisotopic (exact) mass is 433 g/mol. The van der Waals surface area contributed by atoms with Crippen LogP contribution in [0.1, 0.15) is 44.2 Å². The lowest BCUT2D eigenvalue weighted by molar-refractivity contribution is -0.138. The molecule has 0 spiro atoms. The highest BCUT2D eigenvalue weighted by atomic mass is 32.2. The molecule has 0 saturated heterocycles. The number of nitrogens with one attached hydrogen (secondary N) is 1. The SMILES string of the molecule is CC(NS(=O)(=O)CC1CC(C)(C)Oc2ccc(OCc3ccccc3)cc21)C(=O)O. The molecule has 0 aromatic heterocycles. The highest BCUT2D eigenvalue weighted by molar-refractivity contribution is 7.89.